The van der Waals surface area contributed by atoms with Crippen LogP contribution in [0.4, 0.5) is 0 Å². The molecule has 1 aliphatic carbocycles. The van der Waals surface area contributed by atoms with E-state index >= 15 is 0 Å². The zero-order valence-corrected chi connectivity index (χ0v) is 9.36. The quantitative estimate of drug-likeness (QED) is 0.692. The molecule has 0 unspecified atom stereocenters. The van der Waals surface area contributed by atoms with Crippen molar-refractivity contribution >= 4 is 17.6 Å². The maximum atomic E-state index is 11.7. The van der Waals surface area contributed by atoms with Gasteiger partial charge in [0.1, 0.15) is 5.71 Å². The number of hydrogen-bond acceptors (Lipinski definition) is 4. The van der Waals surface area contributed by atoms with Crippen molar-refractivity contribution in [2.45, 2.75) is 44.2 Å². The van der Waals surface area contributed by atoms with Crippen LogP contribution in [0.1, 0.15) is 32.1 Å². The van der Waals surface area contributed by atoms with Crippen LogP contribution >= 0.6 is 0 Å². The second-order valence-electron chi connectivity index (χ2n) is 4.26. The average Bonchev–Trinajstić information content (AvgIpc) is 2.30. The Balaban J connectivity index is 2.09. The molecule has 1 amide bonds. The van der Waals surface area contributed by atoms with Crippen molar-refractivity contribution in [3.8, 4) is 0 Å². The summed E-state index contributed by atoms with van der Waals surface area (Å²) in [4.78, 5) is 27.1. The van der Waals surface area contributed by atoms with Crippen LogP contribution in [0, 0.1) is 0 Å². The smallest absolute Gasteiger partial charge is 0.311 e. The summed E-state index contributed by atoms with van der Waals surface area (Å²) in [5, 5.41) is 2.92. The maximum absolute atomic E-state index is 11.7. The largest absolute Gasteiger partial charge is 0.469 e. The minimum absolute atomic E-state index is 0.0223. The van der Waals surface area contributed by atoms with E-state index in [4.69, 9.17) is 0 Å². The van der Waals surface area contributed by atoms with E-state index in [1.165, 1.54) is 7.11 Å². The highest BCUT2D eigenvalue weighted by atomic mass is 16.5. The number of methoxy groups -OCH3 is 1. The molecule has 0 aromatic heterocycles. The summed E-state index contributed by atoms with van der Waals surface area (Å²) in [5.41, 5.74) is 0.315. The Morgan fingerprint density at radius 3 is 3.00 bits per heavy atom. The fourth-order valence-corrected chi connectivity index (χ4v) is 2.28. The van der Waals surface area contributed by atoms with Gasteiger partial charge in [-0.2, -0.15) is 0 Å². The second kappa shape index (κ2) is 4.63. The molecule has 2 rings (SSSR count). The van der Waals surface area contributed by atoms with Crippen molar-refractivity contribution in [1.29, 1.82) is 0 Å². The van der Waals surface area contributed by atoms with E-state index in [1.807, 2.05) is 0 Å². The lowest BCUT2D eigenvalue weighted by molar-refractivity contribution is -0.139. The molecule has 0 radical (unpaired) electrons. The molecule has 1 N–H and O–H groups in total. The number of ether oxygens (including phenoxy) is 1. The number of esters is 1. The third-order valence-electron chi connectivity index (χ3n) is 3.17. The number of hydrogen-bond donors (Lipinski definition) is 1. The summed E-state index contributed by atoms with van der Waals surface area (Å²) in [7, 11) is 1.31. The molecule has 0 aromatic rings. The van der Waals surface area contributed by atoms with Gasteiger partial charge in [0.05, 0.1) is 25.6 Å². The van der Waals surface area contributed by atoms with Gasteiger partial charge in [0, 0.05) is 0 Å². The van der Waals surface area contributed by atoms with E-state index in [0.717, 1.165) is 25.7 Å². The highest BCUT2D eigenvalue weighted by molar-refractivity contribution is 6.42. The number of nitrogens with zero attached hydrogens (tertiary/aromatic N) is 1. The molecule has 1 aliphatic heterocycles. The lowest BCUT2D eigenvalue weighted by Crippen LogP contribution is -2.51. The molecule has 5 heteroatoms. The van der Waals surface area contributed by atoms with E-state index in [-0.39, 0.29) is 24.4 Å². The van der Waals surface area contributed by atoms with E-state index in [2.05, 4.69) is 15.0 Å². The molecule has 0 spiro atoms. The number of aliphatic imine (C=N–C) groups is 1. The Kier molecular flexibility index (Phi) is 3.22. The first-order valence-corrected chi connectivity index (χ1v) is 5.65. The summed E-state index contributed by atoms with van der Waals surface area (Å²) in [5.74, 6) is -0.628. The molecule has 16 heavy (non-hydrogen) atoms. The van der Waals surface area contributed by atoms with Crippen molar-refractivity contribution in [1.82, 2.24) is 5.32 Å². The molecule has 1 heterocycles. The Labute approximate surface area is 94.3 Å². The van der Waals surface area contributed by atoms with Crippen molar-refractivity contribution in [3.63, 3.8) is 0 Å². The monoisotopic (exact) mass is 224 g/mol. The Bertz CT molecular complexity index is 338. The molecule has 1 saturated carbocycles. The van der Waals surface area contributed by atoms with E-state index in [9.17, 15) is 9.59 Å². The van der Waals surface area contributed by atoms with E-state index in [0.29, 0.717) is 5.71 Å². The van der Waals surface area contributed by atoms with Crippen LogP contribution in [0.5, 0.6) is 0 Å². The number of amides is 1. The van der Waals surface area contributed by atoms with Crippen molar-refractivity contribution in [2.24, 2.45) is 4.99 Å². The van der Waals surface area contributed by atoms with Crippen LogP contribution in [-0.2, 0) is 14.3 Å². The SMILES string of the molecule is COC(=O)CC1=N[C@H]2CCCC[C@H]2NC1=O. The molecule has 0 bridgehead atoms. The minimum atomic E-state index is -0.414. The fraction of sp³-hybridized carbons (Fsp3) is 0.727. The Hall–Kier alpha value is -1.39. The summed E-state index contributed by atoms with van der Waals surface area (Å²) < 4.78 is 4.54. The molecule has 5 nitrogen and oxygen atoms in total. The molecule has 2 atom stereocenters. The molecular formula is C11H16N2O3. The van der Waals surface area contributed by atoms with Gasteiger partial charge in [0.25, 0.3) is 5.91 Å². The van der Waals surface area contributed by atoms with Crippen molar-refractivity contribution in [2.75, 3.05) is 7.11 Å². The lowest BCUT2D eigenvalue weighted by Gasteiger charge is -2.33. The number of rotatable bonds is 2. The van der Waals surface area contributed by atoms with Gasteiger partial charge in [-0.3, -0.25) is 14.6 Å². The Morgan fingerprint density at radius 1 is 1.50 bits per heavy atom. The lowest BCUT2D eigenvalue weighted by atomic mass is 9.89. The number of carbonyl (C=O) groups excluding carboxylic acids is 2. The minimum Gasteiger partial charge on any atom is -0.469 e. The predicted molar refractivity (Wildman–Crippen MR) is 58.3 cm³/mol. The molecular weight excluding hydrogens is 208 g/mol. The number of carbonyl (C=O) groups is 2. The third-order valence-corrected chi connectivity index (χ3v) is 3.17. The molecule has 0 aromatic carbocycles. The Morgan fingerprint density at radius 2 is 2.25 bits per heavy atom. The fourth-order valence-electron chi connectivity index (χ4n) is 2.28. The maximum Gasteiger partial charge on any atom is 0.311 e. The normalized spacial score (nSPS) is 28.8. The first-order valence-electron chi connectivity index (χ1n) is 5.65. The predicted octanol–water partition coefficient (Wildman–Crippen LogP) is 0.431. The van der Waals surface area contributed by atoms with Crippen LogP contribution in [-0.4, -0.2) is 36.8 Å². The topological polar surface area (TPSA) is 67.8 Å². The summed E-state index contributed by atoms with van der Waals surface area (Å²) >= 11 is 0. The standard InChI is InChI=1S/C11H16N2O3/c1-16-10(14)6-9-11(15)13-8-5-3-2-4-7(8)12-9/h7-8H,2-6H2,1H3,(H,13,15)/t7-,8+/m0/s1. The number of nitrogens with one attached hydrogen (secondary N) is 1. The van der Waals surface area contributed by atoms with Crippen LogP contribution in [0.3, 0.4) is 0 Å². The van der Waals surface area contributed by atoms with E-state index in [1.54, 1.807) is 0 Å². The summed E-state index contributed by atoms with van der Waals surface area (Å²) in [6.45, 7) is 0. The average molecular weight is 224 g/mol. The van der Waals surface area contributed by atoms with Gasteiger partial charge in [-0.05, 0) is 12.8 Å². The van der Waals surface area contributed by atoms with Crippen LogP contribution in [0.2, 0.25) is 0 Å². The van der Waals surface area contributed by atoms with Crippen molar-refractivity contribution < 1.29 is 14.3 Å². The zero-order valence-electron chi connectivity index (χ0n) is 9.36. The van der Waals surface area contributed by atoms with Gasteiger partial charge >= 0.3 is 5.97 Å². The molecule has 88 valence electrons. The summed E-state index contributed by atoms with van der Waals surface area (Å²) in [6, 6.07) is 0.328. The highest BCUT2D eigenvalue weighted by Crippen LogP contribution is 2.24. The number of fused-ring (bicyclic) bond motifs is 1. The first kappa shape index (κ1) is 11.1. The summed E-state index contributed by atoms with van der Waals surface area (Å²) in [6.07, 6.45) is 4.25. The van der Waals surface area contributed by atoms with Gasteiger partial charge in [-0.25, -0.2) is 0 Å². The molecule has 0 saturated heterocycles. The van der Waals surface area contributed by atoms with Gasteiger partial charge in [0.2, 0.25) is 0 Å². The van der Waals surface area contributed by atoms with Crippen LogP contribution in [0.15, 0.2) is 4.99 Å². The van der Waals surface area contributed by atoms with Gasteiger partial charge in [-0.1, -0.05) is 12.8 Å². The van der Waals surface area contributed by atoms with Crippen LogP contribution in [0.25, 0.3) is 0 Å². The van der Waals surface area contributed by atoms with Gasteiger partial charge in [0.15, 0.2) is 0 Å². The molecule has 2 aliphatic rings. The van der Waals surface area contributed by atoms with Crippen LogP contribution < -0.4 is 5.32 Å². The van der Waals surface area contributed by atoms with Gasteiger partial charge < -0.3 is 10.1 Å². The zero-order chi connectivity index (χ0) is 11.5. The highest BCUT2D eigenvalue weighted by Gasteiger charge is 2.33. The van der Waals surface area contributed by atoms with Crippen molar-refractivity contribution in [3.05, 3.63) is 0 Å². The third kappa shape index (κ3) is 2.23. The van der Waals surface area contributed by atoms with Gasteiger partial charge in [-0.15, -0.1) is 0 Å². The van der Waals surface area contributed by atoms with E-state index < -0.39 is 5.97 Å². The second-order valence-corrected chi connectivity index (χ2v) is 4.26. The molecule has 1 fully saturated rings. The first-order chi connectivity index (χ1) is 7.70.